The zero-order chi connectivity index (χ0) is 13.3. The molecule has 2 rings (SSSR count). The molecule has 1 aliphatic rings. The lowest BCUT2D eigenvalue weighted by atomic mass is 10.2. The van der Waals surface area contributed by atoms with Crippen LogP contribution in [0.15, 0.2) is 0 Å². The first-order chi connectivity index (χ1) is 8.52. The van der Waals surface area contributed by atoms with Gasteiger partial charge in [0.25, 0.3) is 0 Å². The van der Waals surface area contributed by atoms with Gasteiger partial charge in [-0.25, -0.2) is 0 Å². The van der Waals surface area contributed by atoms with Crippen molar-refractivity contribution in [2.75, 3.05) is 5.73 Å². The van der Waals surface area contributed by atoms with Gasteiger partial charge in [0.2, 0.25) is 5.91 Å². The molecule has 1 aromatic rings. The van der Waals surface area contributed by atoms with E-state index in [9.17, 15) is 4.79 Å². The van der Waals surface area contributed by atoms with Crippen molar-refractivity contribution in [1.29, 1.82) is 0 Å². The van der Waals surface area contributed by atoms with Crippen molar-refractivity contribution < 1.29 is 4.79 Å². The molecule has 0 bridgehead atoms. The number of carbonyl (C=O) groups is 1. The monoisotopic (exact) mass is 250 g/mol. The molecule has 2 unspecified atom stereocenters. The van der Waals surface area contributed by atoms with Crippen molar-refractivity contribution in [1.82, 2.24) is 15.1 Å². The number of nitrogen functional groups attached to an aromatic ring is 1. The first kappa shape index (κ1) is 12.9. The average Bonchev–Trinajstić information content (AvgIpc) is 2.99. The van der Waals surface area contributed by atoms with E-state index in [2.05, 4.69) is 17.3 Å². The minimum Gasteiger partial charge on any atom is -0.396 e. The third-order valence-corrected chi connectivity index (χ3v) is 3.66. The highest BCUT2D eigenvalue weighted by Crippen LogP contribution is 2.34. The maximum absolute atomic E-state index is 11.9. The molecule has 5 heteroatoms. The van der Waals surface area contributed by atoms with E-state index in [4.69, 9.17) is 5.73 Å². The van der Waals surface area contributed by atoms with Crippen LogP contribution in [0.25, 0.3) is 0 Å². The van der Waals surface area contributed by atoms with Gasteiger partial charge in [-0.15, -0.1) is 0 Å². The Morgan fingerprint density at radius 1 is 1.56 bits per heavy atom. The van der Waals surface area contributed by atoms with Gasteiger partial charge in [-0.1, -0.05) is 13.3 Å². The second-order valence-electron chi connectivity index (χ2n) is 5.20. The van der Waals surface area contributed by atoms with Crippen molar-refractivity contribution >= 4 is 11.6 Å². The van der Waals surface area contributed by atoms with Crippen molar-refractivity contribution in [2.45, 2.75) is 52.6 Å². The van der Waals surface area contributed by atoms with Crippen molar-refractivity contribution in [3.63, 3.8) is 0 Å². The Morgan fingerprint density at radius 3 is 2.83 bits per heavy atom. The van der Waals surface area contributed by atoms with Crippen LogP contribution in [-0.2, 0) is 11.3 Å². The Kier molecular flexibility index (Phi) is 3.59. The molecule has 18 heavy (non-hydrogen) atoms. The summed E-state index contributed by atoms with van der Waals surface area (Å²) in [5.74, 6) is 0.716. The highest BCUT2D eigenvalue weighted by atomic mass is 16.2. The first-order valence-corrected chi connectivity index (χ1v) is 6.61. The van der Waals surface area contributed by atoms with Crippen LogP contribution in [0.5, 0.6) is 0 Å². The number of nitrogens with zero attached hydrogens (tertiary/aromatic N) is 2. The predicted octanol–water partition coefficient (Wildman–Crippen LogP) is 1.39. The molecule has 100 valence electrons. The molecule has 0 radical (unpaired) electrons. The minimum absolute atomic E-state index is 0.0317. The van der Waals surface area contributed by atoms with Crippen molar-refractivity contribution in [3.8, 4) is 0 Å². The van der Waals surface area contributed by atoms with Gasteiger partial charge in [0.05, 0.1) is 17.1 Å². The van der Waals surface area contributed by atoms with Crippen LogP contribution in [0.3, 0.4) is 0 Å². The summed E-state index contributed by atoms with van der Waals surface area (Å²) >= 11 is 0. The number of nitrogens with two attached hydrogens (primary N) is 1. The fraction of sp³-hybridized carbons (Fsp3) is 0.692. The first-order valence-electron chi connectivity index (χ1n) is 6.61. The van der Waals surface area contributed by atoms with E-state index in [1.807, 2.05) is 13.8 Å². The van der Waals surface area contributed by atoms with Gasteiger partial charge < -0.3 is 11.1 Å². The van der Waals surface area contributed by atoms with E-state index in [1.54, 1.807) is 4.68 Å². The third-order valence-electron chi connectivity index (χ3n) is 3.66. The number of aryl methyl sites for hydroxylation is 1. The second-order valence-corrected chi connectivity index (χ2v) is 5.20. The van der Waals surface area contributed by atoms with Gasteiger partial charge in [-0.3, -0.25) is 9.48 Å². The predicted molar refractivity (Wildman–Crippen MR) is 71.1 cm³/mol. The molecule has 1 heterocycles. The standard InChI is InChI=1S/C13H22N4O/c1-4-5-10-6-11(10)15-12(18)7-17-9(3)13(14)8(2)16-17/h10-11H,4-7,14H2,1-3H3,(H,15,18). The highest BCUT2D eigenvalue weighted by Gasteiger charge is 2.37. The summed E-state index contributed by atoms with van der Waals surface area (Å²) in [6.07, 6.45) is 3.52. The highest BCUT2D eigenvalue weighted by molar-refractivity contribution is 5.76. The van der Waals surface area contributed by atoms with Crippen LogP contribution in [0, 0.1) is 19.8 Å². The maximum atomic E-state index is 11.9. The van der Waals surface area contributed by atoms with Gasteiger partial charge in [0.15, 0.2) is 0 Å². The van der Waals surface area contributed by atoms with Crippen molar-refractivity contribution in [2.24, 2.45) is 5.92 Å². The molecule has 0 aliphatic heterocycles. The molecule has 3 N–H and O–H groups in total. The molecule has 1 aliphatic carbocycles. The number of amides is 1. The molecule has 0 aromatic carbocycles. The molecule has 5 nitrogen and oxygen atoms in total. The Bertz CT molecular complexity index is 452. The van der Waals surface area contributed by atoms with Crippen LogP contribution >= 0.6 is 0 Å². The smallest absolute Gasteiger partial charge is 0.241 e. The van der Waals surface area contributed by atoms with E-state index in [0.29, 0.717) is 17.6 Å². The van der Waals surface area contributed by atoms with E-state index in [0.717, 1.165) is 17.8 Å². The van der Waals surface area contributed by atoms with Gasteiger partial charge >= 0.3 is 0 Å². The molecule has 1 saturated carbocycles. The summed E-state index contributed by atoms with van der Waals surface area (Å²) in [6, 6.07) is 0.381. The lowest BCUT2D eigenvalue weighted by molar-refractivity contribution is -0.122. The molecule has 0 saturated heterocycles. The summed E-state index contributed by atoms with van der Waals surface area (Å²) in [5.41, 5.74) is 8.17. The van der Waals surface area contributed by atoms with Gasteiger partial charge in [-0.05, 0) is 32.6 Å². The Hall–Kier alpha value is -1.52. The molecular weight excluding hydrogens is 228 g/mol. The normalized spacial score (nSPS) is 21.9. The number of hydrogen-bond donors (Lipinski definition) is 2. The number of anilines is 1. The lowest BCUT2D eigenvalue weighted by Crippen LogP contribution is -2.31. The summed E-state index contributed by atoms with van der Waals surface area (Å²) in [5, 5.41) is 7.32. The summed E-state index contributed by atoms with van der Waals surface area (Å²) < 4.78 is 1.68. The Labute approximate surface area is 108 Å². The molecule has 2 atom stereocenters. The van der Waals surface area contributed by atoms with E-state index in [1.165, 1.54) is 12.8 Å². The molecule has 1 amide bonds. The average molecular weight is 250 g/mol. The lowest BCUT2D eigenvalue weighted by Gasteiger charge is -2.06. The van der Waals surface area contributed by atoms with Gasteiger partial charge in [-0.2, -0.15) is 5.10 Å². The van der Waals surface area contributed by atoms with E-state index < -0.39 is 0 Å². The fourth-order valence-corrected chi connectivity index (χ4v) is 2.37. The van der Waals surface area contributed by atoms with Gasteiger partial charge in [0, 0.05) is 6.04 Å². The summed E-state index contributed by atoms with van der Waals surface area (Å²) in [6.45, 7) is 6.18. The quantitative estimate of drug-likeness (QED) is 0.829. The minimum atomic E-state index is 0.0317. The zero-order valence-corrected chi connectivity index (χ0v) is 11.4. The molecule has 1 aromatic heterocycles. The molecule has 1 fully saturated rings. The van der Waals surface area contributed by atoms with Crippen LogP contribution in [-0.4, -0.2) is 21.7 Å². The van der Waals surface area contributed by atoms with Crippen LogP contribution in [0.2, 0.25) is 0 Å². The third kappa shape index (κ3) is 2.66. The summed E-state index contributed by atoms with van der Waals surface area (Å²) in [4.78, 5) is 11.9. The van der Waals surface area contributed by atoms with E-state index in [-0.39, 0.29) is 12.5 Å². The largest absolute Gasteiger partial charge is 0.396 e. The molecular formula is C13H22N4O. The number of aromatic nitrogens is 2. The van der Waals surface area contributed by atoms with Gasteiger partial charge in [0.1, 0.15) is 6.54 Å². The maximum Gasteiger partial charge on any atom is 0.241 e. The van der Waals surface area contributed by atoms with Crippen LogP contribution < -0.4 is 11.1 Å². The summed E-state index contributed by atoms with van der Waals surface area (Å²) in [7, 11) is 0. The Morgan fingerprint density at radius 2 is 2.28 bits per heavy atom. The number of rotatable bonds is 5. The number of hydrogen-bond acceptors (Lipinski definition) is 3. The second kappa shape index (κ2) is 5.00. The van der Waals surface area contributed by atoms with E-state index >= 15 is 0 Å². The van der Waals surface area contributed by atoms with Crippen LogP contribution in [0.1, 0.15) is 37.6 Å². The topological polar surface area (TPSA) is 72.9 Å². The SMILES string of the molecule is CCCC1CC1NC(=O)Cn1nc(C)c(N)c1C. The fourth-order valence-electron chi connectivity index (χ4n) is 2.37. The van der Waals surface area contributed by atoms with Crippen LogP contribution in [0.4, 0.5) is 5.69 Å². The number of nitrogens with one attached hydrogen (secondary N) is 1. The zero-order valence-electron chi connectivity index (χ0n) is 11.4. The number of carbonyl (C=O) groups excluding carboxylic acids is 1. The van der Waals surface area contributed by atoms with Crippen molar-refractivity contribution in [3.05, 3.63) is 11.4 Å². The Balaban J connectivity index is 1.86. The molecule has 0 spiro atoms.